The molecule has 0 aliphatic carbocycles. The monoisotopic (exact) mass is 465 g/mol. The highest BCUT2D eigenvalue weighted by Gasteiger charge is 2.32. The van der Waals surface area contributed by atoms with Gasteiger partial charge in [-0.05, 0) is 47.2 Å². The maximum Gasteiger partial charge on any atom is 0.338 e. The number of sulfonamides is 1. The Labute approximate surface area is 194 Å². The molecule has 6 nitrogen and oxygen atoms in total. The zero-order valence-electron chi connectivity index (χ0n) is 18.7. The molecule has 3 aromatic rings. The van der Waals surface area contributed by atoms with Gasteiger partial charge in [0.25, 0.3) is 0 Å². The molecule has 0 N–H and O–H groups in total. The van der Waals surface area contributed by atoms with Crippen LogP contribution in [0, 0.1) is 11.8 Å². The van der Waals surface area contributed by atoms with E-state index in [0.29, 0.717) is 18.7 Å². The molecule has 3 aromatic carbocycles. The number of Topliss-reactive ketones (excluding diaryl/α,β-unsaturated/α-hetero) is 1. The van der Waals surface area contributed by atoms with Crippen LogP contribution in [0.3, 0.4) is 0 Å². The molecule has 0 spiro atoms. The highest BCUT2D eigenvalue weighted by atomic mass is 32.2. The summed E-state index contributed by atoms with van der Waals surface area (Å²) in [5.74, 6) is -0.505. The standard InChI is InChI=1S/C26H27NO5S/c1-18-13-19(2)16-27(15-18)33(30,31)22-10-5-9-21(14-22)26(29)32-17-25(28)24-12-6-8-20-7-3-4-11-23(20)24/h3-12,14,18-19H,13,15-17H2,1-2H3. The lowest BCUT2D eigenvalue weighted by Crippen LogP contribution is -2.42. The summed E-state index contributed by atoms with van der Waals surface area (Å²) >= 11 is 0. The number of piperidine rings is 1. The van der Waals surface area contributed by atoms with Crippen molar-refractivity contribution in [1.29, 1.82) is 0 Å². The van der Waals surface area contributed by atoms with Crippen LogP contribution in [0.5, 0.6) is 0 Å². The third-order valence-electron chi connectivity index (χ3n) is 5.97. The van der Waals surface area contributed by atoms with Gasteiger partial charge >= 0.3 is 5.97 Å². The van der Waals surface area contributed by atoms with Gasteiger partial charge in [-0.1, -0.05) is 62.4 Å². The first-order valence-corrected chi connectivity index (χ1v) is 12.5. The third-order valence-corrected chi connectivity index (χ3v) is 7.79. The molecule has 1 saturated heterocycles. The van der Waals surface area contributed by atoms with Crippen LogP contribution in [0.15, 0.2) is 71.6 Å². The molecule has 0 bridgehead atoms. The Morgan fingerprint density at radius 1 is 0.939 bits per heavy atom. The predicted octanol–water partition coefficient (Wildman–Crippen LogP) is 4.55. The Hall–Kier alpha value is -3.03. The van der Waals surface area contributed by atoms with Crippen LogP contribution in [0.4, 0.5) is 0 Å². The molecule has 1 aliphatic rings. The molecule has 0 aromatic heterocycles. The molecule has 0 radical (unpaired) electrons. The second-order valence-corrected chi connectivity index (χ2v) is 10.8. The summed E-state index contributed by atoms with van der Waals surface area (Å²) in [6, 6.07) is 18.7. The highest BCUT2D eigenvalue weighted by Crippen LogP contribution is 2.27. The first-order chi connectivity index (χ1) is 15.8. The summed E-state index contributed by atoms with van der Waals surface area (Å²) in [4.78, 5) is 25.4. The van der Waals surface area contributed by atoms with Crippen molar-refractivity contribution >= 4 is 32.5 Å². The number of rotatable bonds is 6. The minimum atomic E-state index is -3.72. The molecule has 2 unspecified atom stereocenters. The number of ether oxygens (including phenoxy) is 1. The van der Waals surface area contributed by atoms with Gasteiger partial charge < -0.3 is 4.74 Å². The zero-order chi connectivity index (χ0) is 23.6. The fourth-order valence-electron chi connectivity index (χ4n) is 4.50. The van der Waals surface area contributed by atoms with E-state index in [2.05, 4.69) is 0 Å². The molecule has 33 heavy (non-hydrogen) atoms. The van der Waals surface area contributed by atoms with Gasteiger partial charge in [0.05, 0.1) is 10.5 Å². The second-order valence-electron chi connectivity index (χ2n) is 8.82. The van der Waals surface area contributed by atoms with E-state index in [1.807, 2.05) is 44.2 Å². The van der Waals surface area contributed by atoms with Crippen molar-refractivity contribution < 1.29 is 22.7 Å². The molecule has 1 fully saturated rings. The Bertz CT molecular complexity index is 1290. The van der Waals surface area contributed by atoms with Gasteiger partial charge in [-0.2, -0.15) is 4.31 Å². The second kappa shape index (κ2) is 9.45. The smallest absolute Gasteiger partial charge is 0.338 e. The van der Waals surface area contributed by atoms with E-state index in [-0.39, 0.29) is 28.1 Å². The van der Waals surface area contributed by atoms with Crippen molar-refractivity contribution in [3.8, 4) is 0 Å². The van der Waals surface area contributed by atoms with Gasteiger partial charge in [0.1, 0.15) is 0 Å². The number of carbonyl (C=O) groups is 2. The van der Waals surface area contributed by atoms with Crippen molar-refractivity contribution in [2.75, 3.05) is 19.7 Å². The van der Waals surface area contributed by atoms with Crippen LogP contribution < -0.4 is 0 Å². The summed E-state index contributed by atoms with van der Waals surface area (Å²) in [6.07, 6.45) is 0.989. The lowest BCUT2D eigenvalue weighted by molar-refractivity contribution is 0.0475. The third kappa shape index (κ3) is 4.99. The van der Waals surface area contributed by atoms with Crippen LogP contribution in [-0.4, -0.2) is 44.2 Å². The Morgan fingerprint density at radius 2 is 1.61 bits per heavy atom. The predicted molar refractivity (Wildman–Crippen MR) is 127 cm³/mol. The fraction of sp³-hybridized carbons (Fsp3) is 0.308. The average molecular weight is 466 g/mol. The van der Waals surface area contributed by atoms with Gasteiger partial charge in [0.15, 0.2) is 6.61 Å². The number of carbonyl (C=O) groups excluding carboxylic acids is 2. The molecule has 2 atom stereocenters. The van der Waals surface area contributed by atoms with E-state index in [4.69, 9.17) is 4.74 Å². The number of ketones is 1. The summed E-state index contributed by atoms with van der Waals surface area (Å²) < 4.78 is 33.0. The van der Waals surface area contributed by atoms with Crippen LogP contribution >= 0.6 is 0 Å². The molecule has 172 valence electrons. The molecule has 0 amide bonds. The number of hydrogen-bond acceptors (Lipinski definition) is 5. The maximum absolute atomic E-state index is 13.1. The molecule has 1 heterocycles. The van der Waals surface area contributed by atoms with Crippen LogP contribution in [-0.2, 0) is 14.8 Å². The topological polar surface area (TPSA) is 80.8 Å². The summed E-state index contributed by atoms with van der Waals surface area (Å²) in [7, 11) is -3.72. The number of nitrogens with zero attached hydrogens (tertiary/aromatic N) is 1. The first-order valence-electron chi connectivity index (χ1n) is 11.0. The number of hydrogen-bond donors (Lipinski definition) is 0. The summed E-state index contributed by atoms with van der Waals surface area (Å²) in [5.41, 5.74) is 0.575. The minimum Gasteiger partial charge on any atom is -0.454 e. The number of benzene rings is 3. The molecule has 7 heteroatoms. The molecular weight excluding hydrogens is 438 g/mol. The van der Waals surface area contributed by atoms with E-state index >= 15 is 0 Å². The average Bonchev–Trinajstić information content (AvgIpc) is 2.81. The van der Waals surface area contributed by atoms with Crippen LogP contribution in [0.2, 0.25) is 0 Å². The Morgan fingerprint density at radius 3 is 2.36 bits per heavy atom. The van der Waals surface area contributed by atoms with E-state index < -0.39 is 22.6 Å². The Balaban J connectivity index is 1.48. The normalized spacial score (nSPS) is 19.3. The highest BCUT2D eigenvalue weighted by molar-refractivity contribution is 7.89. The van der Waals surface area contributed by atoms with E-state index in [0.717, 1.165) is 17.2 Å². The van der Waals surface area contributed by atoms with Crippen molar-refractivity contribution in [2.45, 2.75) is 25.2 Å². The molecule has 4 rings (SSSR count). The quantitative estimate of drug-likeness (QED) is 0.394. The van der Waals surface area contributed by atoms with E-state index in [1.165, 1.54) is 28.6 Å². The van der Waals surface area contributed by atoms with Gasteiger partial charge in [0.2, 0.25) is 15.8 Å². The van der Waals surface area contributed by atoms with Crippen molar-refractivity contribution in [3.63, 3.8) is 0 Å². The molecule has 0 saturated carbocycles. The van der Waals surface area contributed by atoms with Gasteiger partial charge in [-0.3, -0.25) is 4.79 Å². The van der Waals surface area contributed by atoms with E-state index in [9.17, 15) is 18.0 Å². The van der Waals surface area contributed by atoms with Crippen molar-refractivity contribution in [3.05, 3.63) is 77.9 Å². The Kier molecular flexibility index (Phi) is 6.63. The SMILES string of the molecule is CC1CC(C)CN(S(=O)(=O)c2cccc(C(=O)OCC(=O)c3cccc4ccccc34)c2)C1. The fourth-order valence-corrected chi connectivity index (χ4v) is 6.22. The lowest BCUT2D eigenvalue weighted by atomic mass is 9.94. The van der Waals surface area contributed by atoms with E-state index in [1.54, 1.807) is 12.1 Å². The van der Waals surface area contributed by atoms with Gasteiger partial charge in [0, 0.05) is 18.7 Å². The summed E-state index contributed by atoms with van der Waals surface area (Å²) in [5, 5.41) is 1.72. The van der Waals surface area contributed by atoms with Crippen molar-refractivity contribution in [2.24, 2.45) is 11.8 Å². The largest absolute Gasteiger partial charge is 0.454 e. The molecule has 1 aliphatic heterocycles. The number of fused-ring (bicyclic) bond motifs is 1. The van der Waals surface area contributed by atoms with Crippen LogP contribution in [0.1, 0.15) is 41.0 Å². The number of esters is 1. The van der Waals surface area contributed by atoms with Crippen LogP contribution in [0.25, 0.3) is 10.8 Å². The lowest BCUT2D eigenvalue weighted by Gasteiger charge is -2.34. The molecular formula is C26H27NO5S. The maximum atomic E-state index is 13.1. The summed E-state index contributed by atoms with van der Waals surface area (Å²) in [6.45, 7) is 4.57. The first kappa shape index (κ1) is 23.1. The zero-order valence-corrected chi connectivity index (χ0v) is 19.5. The van der Waals surface area contributed by atoms with Gasteiger partial charge in [-0.25, -0.2) is 13.2 Å². The van der Waals surface area contributed by atoms with Crippen molar-refractivity contribution in [1.82, 2.24) is 4.31 Å². The minimum absolute atomic E-state index is 0.0543. The van der Waals surface area contributed by atoms with Gasteiger partial charge in [-0.15, -0.1) is 0 Å².